The van der Waals surface area contributed by atoms with E-state index in [1.165, 1.54) is 28.8 Å². The minimum Gasteiger partial charge on any atom is -0.478 e. The Kier molecular flexibility index (Phi) is 3.21. The number of pyridine rings is 1. The molecule has 2 aromatic rings. The van der Waals surface area contributed by atoms with Gasteiger partial charge in [0.25, 0.3) is 0 Å². The summed E-state index contributed by atoms with van der Waals surface area (Å²) >= 11 is 0. The number of aromatic carboxylic acids is 1. The molecule has 0 bridgehead atoms. The lowest BCUT2D eigenvalue weighted by Crippen LogP contribution is -2.13. The maximum atomic E-state index is 13.9. The van der Waals surface area contributed by atoms with Crippen molar-refractivity contribution < 1.29 is 14.3 Å². The van der Waals surface area contributed by atoms with Crippen LogP contribution in [0, 0.1) is 19.7 Å². The van der Waals surface area contributed by atoms with E-state index < -0.39 is 11.8 Å². The molecule has 0 aliphatic carbocycles. The van der Waals surface area contributed by atoms with Crippen LogP contribution < -0.4 is 5.43 Å². The Labute approximate surface area is 108 Å². The Hall–Kier alpha value is -2.43. The first-order chi connectivity index (χ1) is 8.90. The molecule has 0 radical (unpaired) electrons. The molecule has 1 heterocycles. The quantitative estimate of drug-likeness (QED) is 0.902. The first-order valence-electron chi connectivity index (χ1n) is 5.63. The summed E-state index contributed by atoms with van der Waals surface area (Å²) in [7, 11) is 0. The fraction of sp³-hybridized carbons (Fsp3) is 0.143. The van der Waals surface area contributed by atoms with E-state index in [-0.39, 0.29) is 16.7 Å². The predicted octanol–water partition coefficient (Wildman–Crippen LogP) is 2.29. The van der Waals surface area contributed by atoms with Gasteiger partial charge in [-0.25, -0.2) is 9.18 Å². The van der Waals surface area contributed by atoms with Crippen LogP contribution >= 0.6 is 0 Å². The van der Waals surface area contributed by atoms with Crippen molar-refractivity contribution in [3.63, 3.8) is 0 Å². The molecule has 0 unspecified atom stereocenters. The number of benzene rings is 1. The minimum absolute atomic E-state index is 0.00565. The highest BCUT2D eigenvalue weighted by Gasteiger charge is 2.12. The lowest BCUT2D eigenvalue weighted by molar-refractivity contribution is 0.0697. The number of hydrogen-bond donors (Lipinski definition) is 1. The Morgan fingerprint density at radius 2 is 1.74 bits per heavy atom. The van der Waals surface area contributed by atoms with Crippen molar-refractivity contribution in [3.8, 4) is 5.69 Å². The van der Waals surface area contributed by atoms with Gasteiger partial charge < -0.3 is 9.67 Å². The van der Waals surface area contributed by atoms with Gasteiger partial charge in [0, 0.05) is 23.5 Å². The lowest BCUT2D eigenvalue weighted by atomic mass is 10.1. The summed E-state index contributed by atoms with van der Waals surface area (Å²) in [6.45, 7) is 3.34. The second-order valence-corrected chi connectivity index (χ2v) is 4.28. The second kappa shape index (κ2) is 4.68. The number of carbonyl (C=O) groups is 1. The van der Waals surface area contributed by atoms with Crippen LogP contribution in [0.3, 0.4) is 0 Å². The molecule has 0 spiro atoms. The molecule has 1 N–H and O–H groups in total. The molecule has 0 fully saturated rings. The summed E-state index contributed by atoms with van der Waals surface area (Å²) < 4.78 is 15.4. The molecule has 98 valence electrons. The van der Waals surface area contributed by atoms with Crippen LogP contribution in [0.25, 0.3) is 5.69 Å². The van der Waals surface area contributed by atoms with Gasteiger partial charge in [-0.3, -0.25) is 4.79 Å². The average molecular weight is 261 g/mol. The zero-order valence-corrected chi connectivity index (χ0v) is 10.5. The van der Waals surface area contributed by atoms with Crippen LogP contribution in [0.15, 0.2) is 35.1 Å². The number of rotatable bonds is 2. The highest BCUT2D eigenvalue weighted by molar-refractivity contribution is 5.88. The number of hydrogen-bond acceptors (Lipinski definition) is 2. The van der Waals surface area contributed by atoms with Gasteiger partial charge in [0.1, 0.15) is 5.82 Å². The van der Waals surface area contributed by atoms with Crippen LogP contribution in [0.4, 0.5) is 4.39 Å². The standard InChI is InChI=1S/C14H12FNO3/c1-8-5-11(17)6-9(2)16(8)13-7-10(14(18)19)3-4-12(13)15/h3-7H,1-2H3,(H,18,19). The SMILES string of the molecule is Cc1cc(=O)cc(C)n1-c1cc(C(=O)O)ccc1F. The van der Waals surface area contributed by atoms with Crippen molar-refractivity contribution in [1.29, 1.82) is 0 Å². The van der Waals surface area contributed by atoms with Crippen molar-refractivity contribution in [2.24, 2.45) is 0 Å². The van der Waals surface area contributed by atoms with E-state index in [1.54, 1.807) is 13.8 Å². The highest BCUT2D eigenvalue weighted by atomic mass is 19.1. The van der Waals surface area contributed by atoms with Crippen molar-refractivity contribution in [1.82, 2.24) is 4.57 Å². The fourth-order valence-corrected chi connectivity index (χ4v) is 2.06. The van der Waals surface area contributed by atoms with Crippen molar-refractivity contribution in [2.75, 3.05) is 0 Å². The predicted molar refractivity (Wildman–Crippen MR) is 68.4 cm³/mol. The summed E-state index contributed by atoms with van der Waals surface area (Å²) in [4.78, 5) is 22.3. The summed E-state index contributed by atoms with van der Waals surface area (Å²) in [5.74, 6) is -1.67. The number of aromatic nitrogens is 1. The Morgan fingerprint density at radius 1 is 1.16 bits per heavy atom. The molecule has 0 saturated carbocycles. The van der Waals surface area contributed by atoms with Crippen molar-refractivity contribution in [3.05, 3.63) is 63.3 Å². The van der Waals surface area contributed by atoms with E-state index in [0.717, 1.165) is 6.07 Å². The third kappa shape index (κ3) is 2.40. The molecule has 0 aliphatic heterocycles. The molecule has 0 saturated heterocycles. The van der Waals surface area contributed by atoms with Crippen molar-refractivity contribution >= 4 is 5.97 Å². The van der Waals surface area contributed by atoms with Gasteiger partial charge in [-0.1, -0.05) is 0 Å². The van der Waals surface area contributed by atoms with Gasteiger partial charge in [-0.05, 0) is 32.0 Å². The lowest BCUT2D eigenvalue weighted by Gasteiger charge is -2.15. The number of carboxylic acids is 1. The summed E-state index contributed by atoms with van der Waals surface area (Å²) in [6, 6.07) is 6.31. The number of nitrogens with zero attached hydrogens (tertiary/aromatic N) is 1. The summed E-state index contributed by atoms with van der Waals surface area (Å²) in [5.41, 5.74) is 1.04. The molecular weight excluding hydrogens is 249 g/mol. The third-order valence-electron chi connectivity index (χ3n) is 2.84. The van der Waals surface area contributed by atoms with E-state index in [2.05, 4.69) is 0 Å². The zero-order valence-electron chi connectivity index (χ0n) is 10.5. The zero-order chi connectivity index (χ0) is 14.2. The van der Waals surface area contributed by atoms with Gasteiger partial charge in [-0.15, -0.1) is 0 Å². The number of carboxylic acid groups (broad SMARTS) is 1. The molecule has 2 rings (SSSR count). The molecule has 5 heteroatoms. The smallest absolute Gasteiger partial charge is 0.335 e. The first kappa shape index (κ1) is 13.0. The number of aryl methyl sites for hydroxylation is 2. The van der Waals surface area contributed by atoms with Crippen LogP contribution in [0.1, 0.15) is 21.7 Å². The van der Waals surface area contributed by atoms with Gasteiger partial charge in [0.05, 0.1) is 11.3 Å². The average Bonchev–Trinajstić information content (AvgIpc) is 2.29. The van der Waals surface area contributed by atoms with Gasteiger partial charge >= 0.3 is 5.97 Å². The Morgan fingerprint density at radius 3 is 2.26 bits per heavy atom. The van der Waals surface area contributed by atoms with E-state index in [1.807, 2.05) is 0 Å². The van der Waals surface area contributed by atoms with Crippen LogP contribution in [-0.2, 0) is 0 Å². The van der Waals surface area contributed by atoms with Crippen LogP contribution in [0.2, 0.25) is 0 Å². The van der Waals surface area contributed by atoms with Crippen LogP contribution in [0.5, 0.6) is 0 Å². The van der Waals surface area contributed by atoms with E-state index in [4.69, 9.17) is 5.11 Å². The molecule has 1 aromatic heterocycles. The summed E-state index contributed by atoms with van der Waals surface area (Å²) in [6.07, 6.45) is 0. The molecule has 0 amide bonds. The minimum atomic E-state index is -1.13. The third-order valence-corrected chi connectivity index (χ3v) is 2.84. The monoisotopic (exact) mass is 261 g/mol. The molecular formula is C14H12FNO3. The van der Waals surface area contributed by atoms with E-state index in [9.17, 15) is 14.0 Å². The van der Waals surface area contributed by atoms with E-state index >= 15 is 0 Å². The first-order valence-corrected chi connectivity index (χ1v) is 5.63. The molecule has 0 aliphatic rings. The Bertz CT molecular complexity index is 693. The van der Waals surface area contributed by atoms with Gasteiger partial charge in [0.15, 0.2) is 5.43 Å². The van der Waals surface area contributed by atoms with Gasteiger partial charge in [-0.2, -0.15) is 0 Å². The molecule has 0 atom stereocenters. The highest BCUT2D eigenvalue weighted by Crippen LogP contribution is 2.19. The van der Waals surface area contributed by atoms with Crippen molar-refractivity contribution in [2.45, 2.75) is 13.8 Å². The summed E-state index contributed by atoms with van der Waals surface area (Å²) in [5, 5.41) is 8.95. The maximum Gasteiger partial charge on any atom is 0.335 e. The topological polar surface area (TPSA) is 59.3 Å². The number of halogens is 1. The normalized spacial score (nSPS) is 10.5. The maximum absolute atomic E-state index is 13.9. The second-order valence-electron chi connectivity index (χ2n) is 4.28. The largest absolute Gasteiger partial charge is 0.478 e. The molecule has 4 nitrogen and oxygen atoms in total. The Balaban J connectivity index is 2.75. The van der Waals surface area contributed by atoms with Crippen LogP contribution in [-0.4, -0.2) is 15.6 Å². The molecule has 1 aromatic carbocycles. The fourth-order valence-electron chi connectivity index (χ4n) is 2.06. The van der Waals surface area contributed by atoms with E-state index in [0.29, 0.717) is 11.4 Å². The van der Waals surface area contributed by atoms with Gasteiger partial charge in [0.2, 0.25) is 0 Å². The molecule has 19 heavy (non-hydrogen) atoms.